The van der Waals surface area contributed by atoms with E-state index in [2.05, 4.69) is 37.2 Å². The number of hydrogen-bond donors (Lipinski definition) is 1. The SMILES string of the molecule is Cc1cc(Br)ccc1C(=O)NCc1ccc(Br)cc1. The van der Waals surface area contributed by atoms with Crippen LogP contribution in [-0.4, -0.2) is 5.91 Å². The standard InChI is InChI=1S/C15H13Br2NO/c1-10-8-13(17)6-7-14(10)15(19)18-9-11-2-4-12(16)5-3-11/h2-8H,9H2,1H3,(H,18,19). The molecule has 0 heterocycles. The van der Waals surface area contributed by atoms with Gasteiger partial charge in [0.2, 0.25) is 0 Å². The highest BCUT2D eigenvalue weighted by Crippen LogP contribution is 2.16. The van der Waals surface area contributed by atoms with E-state index in [-0.39, 0.29) is 5.91 Å². The Morgan fingerprint density at radius 1 is 1.05 bits per heavy atom. The molecule has 0 saturated carbocycles. The number of carbonyl (C=O) groups excluding carboxylic acids is 1. The highest BCUT2D eigenvalue weighted by molar-refractivity contribution is 9.10. The molecule has 0 bridgehead atoms. The molecular formula is C15H13Br2NO. The largest absolute Gasteiger partial charge is 0.348 e. The van der Waals surface area contributed by atoms with Gasteiger partial charge in [-0.3, -0.25) is 4.79 Å². The lowest BCUT2D eigenvalue weighted by Gasteiger charge is -2.08. The minimum absolute atomic E-state index is 0.0482. The van der Waals surface area contributed by atoms with Gasteiger partial charge < -0.3 is 5.32 Å². The van der Waals surface area contributed by atoms with Gasteiger partial charge in [0.1, 0.15) is 0 Å². The zero-order chi connectivity index (χ0) is 13.8. The molecule has 4 heteroatoms. The van der Waals surface area contributed by atoms with E-state index in [1.807, 2.05) is 49.4 Å². The molecule has 2 aromatic carbocycles. The first-order valence-corrected chi connectivity index (χ1v) is 7.43. The zero-order valence-corrected chi connectivity index (χ0v) is 13.6. The summed E-state index contributed by atoms with van der Waals surface area (Å²) in [5.74, 6) is -0.0482. The van der Waals surface area contributed by atoms with Gasteiger partial charge in [0.25, 0.3) is 5.91 Å². The van der Waals surface area contributed by atoms with Gasteiger partial charge in [0, 0.05) is 21.1 Å². The Labute approximate surface area is 129 Å². The van der Waals surface area contributed by atoms with Crippen LogP contribution in [0, 0.1) is 6.92 Å². The molecule has 0 fully saturated rings. The molecule has 0 unspecified atom stereocenters. The van der Waals surface area contributed by atoms with Gasteiger partial charge in [-0.15, -0.1) is 0 Å². The van der Waals surface area contributed by atoms with E-state index < -0.39 is 0 Å². The second-order valence-corrected chi connectivity index (χ2v) is 6.10. The summed E-state index contributed by atoms with van der Waals surface area (Å²) in [5, 5.41) is 2.93. The van der Waals surface area contributed by atoms with E-state index >= 15 is 0 Å². The normalized spacial score (nSPS) is 10.3. The fraction of sp³-hybridized carbons (Fsp3) is 0.133. The molecule has 0 spiro atoms. The van der Waals surface area contributed by atoms with Crippen LogP contribution in [0.15, 0.2) is 51.4 Å². The first kappa shape index (κ1) is 14.3. The number of carbonyl (C=O) groups is 1. The summed E-state index contributed by atoms with van der Waals surface area (Å²) in [6.07, 6.45) is 0. The van der Waals surface area contributed by atoms with Crippen molar-refractivity contribution >= 4 is 37.8 Å². The van der Waals surface area contributed by atoms with Gasteiger partial charge >= 0.3 is 0 Å². The Morgan fingerprint density at radius 3 is 2.32 bits per heavy atom. The summed E-state index contributed by atoms with van der Waals surface area (Å²) < 4.78 is 2.01. The van der Waals surface area contributed by atoms with Crippen LogP contribution in [-0.2, 0) is 6.54 Å². The summed E-state index contributed by atoms with van der Waals surface area (Å²) in [6.45, 7) is 2.46. The Morgan fingerprint density at radius 2 is 1.68 bits per heavy atom. The second kappa shape index (κ2) is 6.35. The summed E-state index contributed by atoms with van der Waals surface area (Å²) in [6, 6.07) is 13.5. The number of rotatable bonds is 3. The highest BCUT2D eigenvalue weighted by Gasteiger charge is 2.08. The van der Waals surface area contributed by atoms with Crippen molar-refractivity contribution in [3.8, 4) is 0 Å². The van der Waals surface area contributed by atoms with Crippen molar-refractivity contribution in [2.45, 2.75) is 13.5 Å². The molecule has 0 radical (unpaired) electrons. The average Bonchev–Trinajstić information content (AvgIpc) is 2.37. The average molecular weight is 383 g/mol. The Balaban J connectivity index is 2.03. The third kappa shape index (κ3) is 3.91. The van der Waals surface area contributed by atoms with Crippen LogP contribution in [0.3, 0.4) is 0 Å². The van der Waals surface area contributed by atoms with Crippen molar-refractivity contribution in [2.24, 2.45) is 0 Å². The third-order valence-corrected chi connectivity index (χ3v) is 3.82. The molecule has 0 aliphatic rings. The van der Waals surface area contributed by atoms with Crippen LogP contribution < -0.4 is 5.32 Å². The summed E-state index contributed by atoms with van der Waals surface area (Å²) in [5.41, 5.74) is 2.74. The molecule has 2 nitrogen and oxygen atoms in total. The van der Waals surface area contributed by atoms with Crippen LogP contribution in [0.25, 0.3) is 0 Å². The van der Waals surface area contributed by atoms with Gasteiger partial charge in [0.15, 0.2) is 0 Å². The molecule has 2 aromatic rings. The van der Waals surface area contributed by atoms with Crippen LogP contribution in [0.1, 0.15) is 21.5 Å². The first-order chi connectivity index (χ1) is 9.06. The van der Waals surface area contributed by atoms with E-state index in [0.29, 0.717) is 12.1 Å². The lowest BCUT2D eigenvalue weighted by atomic mass is 10.1. The topological polar surface area (TPSA) is 29.1 Å². The molecule has 1 N–H and O–H groups in total. The Hall–Kier alpha value is -1.13. The van der Waals surface area contributed by atoms with Crippen molar-refractivity contribution in [3.05, 3.63) is 68.1 Å². The van der Waals surface area contributed by atoms with Crippen molar-refractivity contribution in [2.75, 3.05) is 0 Å². The Bertz CT molecular complexity index is 594. The molecule has 98 valence electrons. The van der Waals surface area contributed by atoms with E-state index in [0.717, 1.165) is 20.1 Å². The molecule has 2 rings (SSSR count). The molecular weight excluding hydrogens is 370 g/mol. The van der Waals surface area contributed by atoms with Crippen molar-refractivity contribution in [1.82, 2.24) is 5.32 Å². The summed E-state index contributed by atoms with van der Waals surface area (Å²) in [7, 11) is 0. The van der Waals surface area contributed by atoms with Crippen LogP contribution >= 0.6 is 31.9 Å². The maximum Gasteiger partial charge on any atom is 0.251 e. The number of aryl methyl sites for hydroxylation is 1. The molecule has 0 aromatic heterocycles. The molecule has 19 heavy (non-hydrogen) atoms. The smallest absolute Gasteiger partial charge is 0.251 e. The molecule has 0 aliphatic heterocycles. The van der Waals surface area contributed by atoms with E-state index in [9.17, 15) is 4.79 Å². The lowest BCUT2D eigenvalue weighted by Crippen LogP contribution is -2.23. The lowest BCUT2D eigenvalue weighted by molar-refractivity contribution is 0.0950. The number of amides is 1. The zero-order valence-electron chi connectivity index (χ0n) is 10.4. The minimum Gasteiger partial charge on any atom is -0.348 e. The summed E-state index contributed by atoms with van der Waals surface area (Å²) in [4.78, 5) is 12.1. The quantitative estimate of drug-likeness (QED) is 0.834. The second-order valence-electron chi connectivity index (χ2n) is 4.27. The van der Waals surface area contributed by atoms with E-state index in [1.165, 1.54) is 0 Å². The van der Waals surface area contributed by atoms with Crippen LogP contribution in [0.4, 0.5) is 0 Å². The van der Waals surface area contributed by atoms with Gasteiger partial charge in [-0.2, -0.15) is 0 Å². The number of nitrogens with one attached hydrogen (secondary N) is 1. The predicted octanol–water partition coefficient (Wildman–Crippen LogP) is 4.45. The van der Waals surface area contributed by atoms with Crippen molar-refractivity contribution in [1.29, 1.82) is 0 Å². The molecule has 0 saturated heterocycles. The van der Waals surface area contributed by atoms with E-state index in [1.54, 1.807) is 0 Å². The first-order valence-electron chi connectivity index (χ1n) is 5.85. The van der Waals surface area contributed by atoms with Gasteiger partial charge in [-0.25, -0.2) is 0 Å². The van der Waals surface area contributed by atoms with Gasteiger partial charge in [0.05, 0.1) is 0 Å². The number of hydrogen-bond acceptors (Lipinski definition) is 1. The highest BCUT2D eigenvalue weighted by atomic mass is 79.9. The van der Waals surface area contributed by atoms with Gasteiger partial charge in [-0.05, 0) is 48.4 Å². The van der Waals surface area contributed by atoms with Crippen molar-refractivity contribution in [3.63, 3.8) is 0 Å². The minimum atomic E-state index is -0.0482. The Kier molecular flexibility index (Phi) is 4.77. The maximum atomic E-state index is 12.1. The van der Waals surface area contributed by atoms with Crippen LogP contribution in [0.5, 0.6) is 0 Å². The fourth-order valence-corrected chi connectivity index (χ4v) is 2.50. The number of benzene rings is 2. The van der Waals surface area contributed by atoms with Crippen LogP contribution in [0.2, 0.25) is 0 Å². The molecule has 1 amide bonds. The number of halogens is 2. The van der Waals surface area contributed by atoms with E-state index in [4.69, 9.17) is 0 Å². The monoisotopic (exact) mass is 381 g/mol. The predicted molar refractivity (Wildman–Crippen MR) is 84.2 cm³/mol. The molecule has 0 atom stereocenters. The van der Waals surface area contributed by atoms with Gasteiger partial charge in [-0.1, -0.05) is 44.0 Å². The molecule has 0 aliphatic carbocycles. The maximum absolute atomic E-state index is 12.1. The summed E-state index contributed by atoms with van der Waals surface area (Å²) >= 11 is 6.78. The fourth-order valence-electron chi connectivity index (χ4n) is 1.76. The van der Waals surface area contributed by atoms with Crippen molar-refractivity contribution < 1.29 is 4.79 Å². The third-order valence-electron chi connectivity index (χ3n) is 2.80.